The van der Waals surface area contributed by atoms with Gasteiger partial charge in [0, 0.05) is 43.4 Å². The Labute approximate surface area is 157 Å². The molecule has 146 valence electrons. The fraction of sp³-hybridized carbons (Fsp3) is 0.529. The second-order valence-electron chi connectivity index (χ2n) is 6.72. The third-order valence-corrected chi connectivity index (χ3v) is 5.77. The van der Waals surface area contributed by atoms with Gasteiger partial charge in [-0.2, -0.15) is 13.2 Å². The first-order valence-electron chi connectivity index (χ1n) is 8.57. The molecule has 2 aromatic heterocycles. The molecule has 2 N–H and O–H groups in total. The zero-order valence-corrected chi connectivity index (χ0v) is 15.2. The number of thiophene rings is 1. The van der Waals surface area contributed by atoms with Crippen molar-refractivity contribution in [1.29, 1.82) is 0 Å². The minimum atomic E-state index is -4.57. The van der Waals surface area contributed by atoms with Gasteiger partial charge in [0.25, 0.3) is 5.91 Å². The zero-order chi connectivity index (χ0) is 19.2. The van der Waals surface area contributed by atoms with Gasteiger partial charge in [-0.05, 0) is 0 Å². The molecule has 2 bridgehead atoms. The van der Waals surface area contributed by atoms with Crippen LogP contribution < -0.4 is 15.4 Å². The first-order chi connectivity index (χ1) is 12.8. The molecule has 27 heavy (non-hydrogen) atoms. The Morgan fingerprint density at radius 3 is 2.70 bits per heavy atom. The summed E-state index contributed by atoms with van der Waals surface area (Å²) in [6, 6.07) is 1.17. The average Bonchev–Trinajstić information content (AvgIpc) is 3.03. The van der Waals surface area contributed by atoms with E-state index in [2.05, 4.69) is 15.6 Å². The third kappa shape index (κ3) is 3.61. The highest BCUT2D eigenvalue weighted by atomic mass is 32.1. The normalized spacial score (nSPS) is 25.4. The van der Waals surface area contributed by atoms with Crippen molar-refractivity contribution in [2.24, 2.45) is 0 Å². The van der Waals surface area contributed by atoms with Gasteiger partial charge in [-0.1, -0.05) is 0 Å². The molecule has 2 saturated heterocycles. The Bertz CT molecular complexity index is 858. The second kappa shape index (κ2) is 6.92. The maximum Gasteiger partial charge on any atom is 0.418 e. The van der Waals surface area contributed by atoms with Crippen molar-refractivity contribution in [3.63, 3.8) is 0 Å². The van der Waals surface area contributed by atoms with Gasteiger partial charge in [-0.3, -0.25) is 4.79 Å². The van der Waals surface area contributed by atoms with E-state index in [0.29, 0.717) is 26.1 Å². The minimum Gasteiger partial charge on any atom is -0.474 e. The summed E-state index contributed by atoms with van der Waals surface area (Å²) in [5.74, 6) is -0.586. The maximum absolute atomic E-state index is 13.6. The summed E-state index contributed by atoms with van der Waals surface area (Å²) < 4.78 is 51.9. The molecule has 4 heterocycles. The topological polar surface area (TPSA) is 72.5 Å². The van der Waals surface area contributed by atoms with Gasteiger partial charge in [-0.25, -0.2) is 4.98 Å². The van der Waals surface area contributed by atoms with Gasteiger partial charge in [0.2, 0.25) is 5.88 Å². The number of hydrogen-bond acceptors (Lipinski definition) is 6. The number of fused-ring (bicyclic) bond motifs is 3. The van der Waals surface area contributed by atoms with Crippen LogP contribution in [0.3, 0.4) is 0 Å². The molecule has 2 aromatic rings. The van der Waals surface area contributed by atoms with Gasteiger partial charge < -0.3 is 20.1 Å². The number of hydrogen-bond donors (Lipinski definition) is 2. The van der Waals surface area contributed by atoms with E-state index < -0.39 is 17.6 Å². The Morgan fingerprint density at radius 2 is 2.07 bits per heavy atom. The van der Waals surface area contributed by atoms with Crippen LogP contribution in [0, 0.1) is 0 Å². The number of halogens is 3. The summed E-state index contributed by atoms with van der Waals surface area (Å²) in [6.07, 6.45) is -3.56. The lowest BCUT2D eigenvalue weighted by atomic mass is 9.95. The Morgan fingerprint density at radius 1 is 1.37 bits per heavy atom. The highest BCUT2D eigenvalue weighted by Crippen LogP contribution is 2.40. The molecule has 2 aliphatic rings. The van der Waals surface area contributed by atoms with Gasteiger partial charge in [-0.15, -0.1) is 11.3 Å². The van der Waals surface area contributed by atoms with Crippen molar-refractivity contribution in [3.8, 4) is 5.88 Å². The molecular formula is C17H18F3N3O3S. The number of ether oxygens (including phenoxy) is 2. The number of carbonyl (C=O) groups is 1. The van der Waals surface area contributed by atoms with Crippen LogP contribution in [0.4, 0.5) is 13.2 Å². The van der Waals surface area contributed by atoms with Gasteiger partial charge in [0.15, 0.2) is 0 Å². The summed E-state index contributed by atoms with van der Waals surface area (Å²) in [7, 11) is 1.42. The largest absolute Gasteiger partial charge is 0.474 e. The van der Waals surface area contributed by atoms with Crippen molar-refractivity contribution in [2.75, 3.05) is 20.3 Å². The molecule has 10 heteroatoms. The van der Waals surface area contributed by atoms with Crippen LogP contribution in [0.2, 0.25) is 0 Å². The Balaban J connectivity index is 1.70. The molecular weight excluding hydrogens is 383 g/mol. The summed E-state index contributed by atoms with van der Waals surface area (Å²) >= 11 is 0.854. The fourth-order valence-corrected chi connectivity index (χ4v) is 4.63. The second-order valence-corrected chi connectivity index (χ2v) is 7.60. The van der Waals surface area contributed by atoms with Crippen LogP contribution in [-0.2, 0) is 10.9 Å². The number of rotatable bonds is 3. The van der Waals surface area contributed by atoms with Crippen LogP contribution in [0.1, 0.15) is 28.8 Å². The first-order valence-corrected chi connectivity index (χ1v) is 9.45. The number of aromatic nitrogens is 1. The van der Waals surface area contributed by atoms with Gasteiger partial charge >= 0.3 is 6.18 Å². The lowest BCUT2D eigenvalue weighted by Gasteiger charge is -2.39. The van der Waals surface area contributed by atoms with Crippen LogP contribution >= 0.6 is 11.3 Å². The van der Waals surface area contributed by atoms with Crippen LogP contribution in [-0.4, -0.2) is 49.3 Å². The van der Waals surface area contributed by atoms with Gasteiger partial charge in [0.05, 0.1) is 34.6 Å². The quantitative estimate of drug-likeness (QED) is 0.827. The predicted octanol–water partition coefficient (Wildman–Crippen LogP) is 2.57. The Kier molecular flexibility index (Phi) is 4.73. The van der Waals surface area contributed by atoms with E-state index in [1.807, 2.05) is 0 Å². The molecule has 2 unspecified atom stereocenters. The third-order valence-electron chi connectivity index (χ3n) is 4.77. The Hall–Kier alpha value is -1.91. The van der Waals surface area contributed by atoms with E-state index in [1.54, 1.807) is 0 Å². The molecule has 2 atom stereocenters. The van der Waals surface area contributed by atoms with Crippen LogP contribution in [0.5, 0.6) is 5.88 Å². The summed E-state index contributed by atoms with van der Waals surface area (Å²) in [5, 5.41) is 7.22. The fourth-order valence-electron chi connectivity index (χ4n) is 3.60. The number of amides is 1. The standard InChI is InChI=1S/C17H18F3N3O3S/c1-21-16(24)11-7-27-15-12(17(18,19)20)4-13(23-14(11)15)26-10-2-8-5-25-6-9(3-10)22-8/h4,7-10,22H,2-3,5-6H2,1H3,(H,21,24). The number of morpholine rings is 1. The van der Waals surface area contributed by atoms with Crippen molar-refractivity contribution in [1.82, 2.24) is 15.6 Å². The minimum absolute atomic E-state index is 0.0154. The highest BCUT2D eigenvalue weighted by Gasteiger charge is 2.37. The van der Waals surface area contributed by atoms with Crippen molar-refractivity contribution < 1.29 is 27.4 Å². The monoisotopic (exact) mass is 401 g/mol. The average molecular weight is 401 g/mol. The van der Waals surface area contributed by atoms with E-state index in [9.17, 15) is 18.0 Å². The molecule has 0 aliphatic carbocycles. The SMILES string of the molecule is CNC(=O)c1csc2c(C(F)(F)F)cc(OC3CC4COCC(C3)N4)nc12. The number of nitrogens with one attached hydrogen (secondary N) is 2. The molecule has 4 rings (SSSR count). The van der Waals surface area contributed by atoms with Crippen LogP contribution in [0.25, 0.3) is 10.2 Å². The van der Waals surface area contributed by atoms with E-state index >= 15 is 0 Å². The van der Waals surface area contributed by atoms with Gasteiger partial charge in [0.1, 0.15) is 6.10 Å². The number of pyridine rings is 1. The number of carbonyl (C=O) groups excluding carboxylic acids is 1. The highest BCUT2D eigenvalue weighted by molar-refractivity contribution is 7.17. The molecule has 2 fully saturated rings. The zero-order valence-electron chi connectivity index (χ0n) is 14.4. The summed E-state index contributed by atoms with van der Waals surface area (Å²) in [6.45, 7) is 1.12. The lowest BCUT2D eigenvalue weighted by Crippen LogP contribution is -2.56. The maximum atomic E-state index is 13.6. The molecule has 2 aliphatic heterocycles. The number of piperidine rings is 1. The summed E-state index contributed by atoms with van der Waals surface area (Å²) in [5.41, 5.74) is -0.703. The van der Waals surface area contributed by atoms with E-state index in [1.165, 1.54) is 12.4 Å². The molecule has 0 saturated carbocycles. The first kappa shape index (κ1) is 18.5. The lowest BCUT2D eigenvalue weighted by molar-refractivity contribution is -0.136. The molecule has 6 nitrogen and oxygen atoms in total. The number of nitrogens with zero attached hydrogens (tertiary/aromatic N) is 1. The van der Waals surface area contributed by atoms with E-state index in [4.69, 9.17) is 9.47 Å². The van der Waals surface area contributed by atoms with E-state index in [0.717, 1.165) is 17.4 Å². The smallest absolute Gasteiger partial charge is 0.418 e. The molecule has 0 spiro atoms. The molecule has 0 aromatic carbocycles. The number of alkyl halides is 3. The van der Waals surface area contributed by atoms with Crippen LogP contribution in [0.15, 0.2) is 11.4 Å². The van der Waals surface area contributed by atoms with E-state index in [-0.39, 0.29) is 39.8 Å². The summed E-state index contributed by atoms with van der Waals surface area (Å²) in [4.78, 5) is 16.2. The molecule has 1 amide bonds. The van der Waals surface area contributed by atoms with Crippen molar-refractivity contribution in [3.05, 3.63) is 22.6 Å². The van der Waals surface area contributed by atoms with Crippen molar-refractivity contribution in [2.45, 2.75) is 37.2 Å². The predicted molar refractivity (Wildman–Crippen MR) is 93.2 cm³/mol. The van der Waals surface area contributed by atoms with Crippen molar-refractivity contribution >= 4 is 27.5 Å². The molecule has 0 radical (unpaired) electrons.